The number of aryl methyl sites for hydroxylation is 1. The molecule has 0 radical (unpaired) electrons. The van der Waals surface area contributed by atoms with E-state index in [2.05, 4.69) is 15.0 Å². The summed E-state index contributed by atoms with van der Waals surface area (Å²) in [6, 6.07) is 8.35. The molecule has 9 heteroatoms. The molecule has 1 atom stereocenters. The Balaban J connectivity index is 1.56. The molecule has 174 valence electrons. The summed E-state index contributed by atoms with van der Waals surface area (Å²) in [6.45, 7) is 6.96. The van der Waals surface area contributed by atoms with Crippen molar-refractivity contribution in [2.75, 3.05) is 4.90 Å². The highest BCUT2D eigenvalue weighted by molar-refractivity contribution is 5.99. The number of hydrogen-bond acceptors (Lipinski definition) is 6. The van der Waals surface area contributed by atoms with E-state index in [9.17, 15) is 14.3 Å². The monoisotopic (exact) mass is 461 g/mol. The quantitative estimate of drug-likeness (QED) is 0.497. The lowest BCUT2D eigenvalue weighted by molar-refractivity contribution is -0.125. The summed E-state index contributed by atoms with van der Waals surface area (Å²) in [6.07, 6.45) is 4.44. The van der Waals surface area contributed by atoms with Gasteiger partial charge in [-0.1, -0.05) is 6.07 Å². The summed E-state index contributed by atoms with van der Waals surface area (Å²) in [5.41, 5.74) is 3.16. The van der Waals surface area contributed by atoms with E-state index in [1.165, 1.54) is 11.0 Å². The maximum Gasteiger partial charge on any atom is 0.268 e. The van der Waals surface area contributed by atoms with Crippen LogP contribution in [0.25, 0.3) is 16.8 Å². The number of amides is 1. The normalized spacial score (nSPS) is 16.0. The van der Waals surface area contributed by atoms with Gasteiger partial charge in [-0.25, -0.2) is 19.3 Å². The maximum absolute atomic E-state index is 14.4. The van der Waals surface area contributed by atoms with Crippen molar-refractivity contribution in [3.63, 3.8) is 0 Å². The first-order valence-electron chi connectivity index (χ1n) is 10.9. The lowest BCUT2D eigenvalue weighted by Crippen LogP contribution is -2.44. The number of nitrogens with zero attached hydrogens (tertiary/aromatic N) is 5. The minimum Gasteiger partial charge on any atom is -0.476 e. The number of anilines is 1. The fraction of sp³-hybridized carbons (Fsp3) is 0.280. The summed E-state index contributed by atoms with van der Waals surface area (Å²) >= 11 is 0. The molecule has 1 aromatic carbocycles. The second kappa shape index (κ2) is 7.88. The summed E-state index contributed by atoms with van der Waals surface area (Å²) in [5, 5.41) is 10.1. The summed E-state index contributed by atoms with van der Waals surface area (Å²) in [5.74, 6) is -0.346. The van der Waals surface area contributed by atoms with Crippen LogP contribution in [0.15, 0.2) is 48.9 Å². The van der Waals surface area contributed by atoms with Gasteiger partial charge >= 0.3 is 0 Å². The summed E-state index contributed by atoms with van der Waals surface area (Å²) in [4.78, 5) is 27.7. The zero-order valence-electron chi connectivity index (χ0n) is 19.3. The highest BCUT2D eigenvalue weighted by Gasteiger charge is 2.34. The van der Waals surface area contributed by atoms with Crippen LogP contribution in [0.1, 0.15) is 38.0 Å². The van der Waals surface area contributed by atoms with Crippen LogP contribution in [0.3, 0.4) is 0 Å². The first kappa shape index (κ1) is 22.0. The summed E-state index contributed by atoms with van der Waals surface area (Å²) < 4.78 is 21.8. The van der Waals surface area contributed by atoms with E-state index in [4.69, 9.17) is 4.74 Å². The highest BCUT2D eigenvalue weighted by atomic mass is 19.1. The SMILES string of the molecule is Cc1nc2ccc(-c3cnc(C(C)(C)O)nc3)cn2c1CN1C(=O)[C@@H](C)Oc2c(F)cccc21. The molecule has 3 aromatic heterocycles. The van der Waals surface area contributed by atoms with Crippen molar-refractivity contribution in [3.05, 3.63) is 72.0 Å². The van der Waals surface area contributed by atoms with Crippen LogP contribution in [-0.4, -0.2) is 36.5 Å². The average Bonchev–Trinajstić information content (AvgIpc) is 3.11. The van der Waals surface area contributed by atoms with Gasteiger partial charge in [0, 0.05) is 29.7 Å². The third-order valence-electron chi connectivity index (χ3n) is 5.90. The number of ether oxygens (including phenoxy) is 1. The van der Waals surface area contributed by atoms with Crippen LogP contribution >= 0.6 is 0 Å². The van der Waals surface area contributed by atoms with Crippen molar-refractivity contribution in [2.24, 2.45) is 0 Å². The fourth-order valence-electron chi connectivity index (χ4n) is 4.07. The predicted octanol–water partition coefficient (Wildman–Crippen LogP) is 3.78. The second-order valence-corrected chi connectivity index (χ2v) is 8.92. The molecule has 1 amide bonds. The molecule has 34 heavy (non-hydrogen) atoms. The van der Waals surface area contributed by atoms with Gasteiger partial charge in [-0.15, -0.1) is 0 Å². The van der Waals surface area contributed by atoms with Gasteiger partial charge in [-0.05, 0) is 52.0 Å². The number of carbonyl (C=O) groups excluding carboxylic acids is 1. The lowest BCUT2D eigenvalue weighted by Gasteiger charge is -2.33. The van der Waals surface area contributed by atoms with Crippen molar-refractivity contribution >= 4 is 17.2 Å². The Morgan fingerprint density at radius 2 is 1.88 bits per heavy atom. The van der Waals surface area contributed by atoms with E-state index in [0.29, 0.717) is 11.5 Å². The molecule has 4 heterocycles. The molecule has 1 N–H and O–H groups in total. The molecule has 0 spiro atoms. The number of halogens is 1. The van der Waals surface area contributed by atoms with Gasteiger partial charge in [0.2, 0.25) is 0 Å². The van der Waals surface area contributed by atoms with Crippen LogP contribution in [0, 0.1) is 12.7 Å². The van der Waals surface area contributed by atoms with Gasteiger partial charge < -0.3 is 14.2 Å². The van der Waals surface area contributed by atoms with Gasteiger partial charge in [0.05, 0.1) is 23.6 Å². The molecule has 0 unspecified atom stereocenters. The van der Waals surface area contributed by atoms with E-state index < -0.39 is 17.5 Å². The molecule has 8 nitrogen and oxygen atoms in total. The topological polar surface area (TPSA) is 92.9 Å². The minimum absolute atomic E-state index is 0.0748. The molecule has 5 rings (SSSR count). The Hall–Kier alpha value is -3.85. The number of carbonyl (C=O) groups is 1. The molecule has 0 saturated carbocycles. The van der Waals surface area contributed by atoms with Crippen molar-refractivity contribution in [1.29, 1.82) is 0 Å². The number of pyridine rings is 1. The first-order valence-corrected chi connectivity index (χ1v) is 10.9. The zero-order chi connectivity index (χ0) is 24.2. The predicted molar refractivity (Wildman–Crippen MR) is 124 cm³/mol. The van der Waals surface area contributed by atoms with E-state index in [0.717, 1.165) is 28.2 Å². The number of fused-ring (bicyclic) bond motifs is 2. The first-order chi connectivity index (χ1) is 16.1. The van der Waals surface area contributed by atoms with Crippen LogP contribution in [0.2, 0.25) is 0 Å². The zero-order valence-corrected chi connectivity index (χ0v) is 19.3. The molecule has 0 saturated heterocycles. The minimum atomic E-state index is -1.13. The van der Waals surface area contributed by atoms with E-state index in [1.54, 1.807) is 45.3 Å². The number of para-hydroxylation sites is 1. The molecule has 1 aliphatic heterocycles. The Morgan fingerprint density at radius 1 is 1.15 bits per heavy atom. The number of aliphatic hydroxyl groups is 1. The average molecular weight is 461 g/mol. The number of aromatic nitrogens is 4. The van der Waals surface area contributed by atoms with Crippen molar-refractivity contribution in [3.8, 4) is 16.9 Å². The van der Waals surface area contributed by atoms with Crippen molar-refractivity contribution in [2.45, 2.75) is 45.9 Å². The molecule has 1 aliphatic rings. The second-order valence-electron chi connectivity index (χ2n) is 8.92. The number of benzene rings is 1. The maximum atomic E-state index is 14.4. The van der Waals surface area contributed by atoms with Crippen molar-refractivity contribution in [1.82, 2.24) is 19.4 Å². The third kappa shape index (κ3) is 3.67. The number of hydrogen-bond donors (Lipinski definition) is 1. The smallest absolute Gasteiger partial charge is 0.268 e. The van der Waals surface area contributed by atoms with Gasteiger partial charge in [0.15, 0.2) is 23.5 Å². The molecule has 0 aliphatic carbocycles. The molecule has 4 aromatic rings. The molecule has 0 bridgehead atoms. The van der Waals surface area contributed by atoms with E-state index in [1.807, 2.05) is 29.7 Å². The van der Waals surface area contributed by atoms with Gasteiger partial charge in [0.25, 0.3) is 5.91 Å². The molecular weight excluding hydrogens is 437 g/mol. The van der Waals surface area contributed by atoms with Crippen LogP contribution < -0.4 is 9.64 Å². The van der Waals surface area contributed by atoms with E-state index >= 15 is 0 Å². The standard InChI is InChI=1S/C25H24FN5O3/c1-14-20(13-31-19-7-5-6-18(26)22(19)34-15(2)23(31)32)30-12-16(8-9-21(30)29-14)17-10-27-24(28-11-17)25(3,4)33/h5-12,15,33H,13H2,1-4H3/t15-/m1/s1. The highest BCUT2D eigenvalue weighted by Crippen LogP contribution is 2.37. The van der Waals surface area contributed by atoms with Gasteiger partial charge in [0.1, 0.15) is 11.2 Å². The number of imidazole rings is 1. The molecule has 0 fully saturated rings. The third-order valence-corrected chi connectivity index (χ3v) is 5.90. The van der Waals surface area contributed by atoms with Gasteiger partial charge in [-0.2, -0.15) is 0 Å². The largest absolute Gasteiger partial charge is 0.476 e. The van der Waals surface area contributed by atoms with Crippen LogP contribution in [-0.2, 0) is 16.9 Å². The van der Waals surface area contributed by atoms with Crippen LogP contribution in [0.5, 0.6) is 5.75 Å². The Morgan fingerprint density at radius 3 is 2.59 bits per heavy atom. The summed E-state index contributed by atoms with van der Waals surface area (Å²) in [7, 11) is 0. The fourth-order valence-corrected chi connectivity index (χ4v) is 4.07. The Bertz CT molecular complexity index is 1410. The Labute approximate surface area is 195 Å². The molecular formula is C25H24FN5O3. The Kier molecular flexibility index (Phi) is 5.09. The number of rotatable bonds is 4. The lowest BCUT2D eigenvalue weighted by atomic mass is 10.1. The van der Waals surface area contributed by atoms with E-state index in [-0.39, 0.29) is 18.2 Å². The van der Waals surface area contributed by atoms with Crippen molar-refractivity contribution < 1.29 is 19.0 Å². The van der Waals surface area contributed by atoms with Crippen LogP contribution in [0.4, 0.5) is 10.1 Å². The van der Waals surface area contributed by atoms with Gasteiger partial charge in [-0.3, -0.25) is 9.69 Å².